The molecule has 3 aromatic rings. The van der Waals surface area contributed by atoms with Crippen molar-refractivity contribution < 1.29 is 4.79 Å². The molecule has 0 aromatic carbocycles. The summed E-state index contributed by atoms with van der Waals surface area (Å²) in [4.78, 5) is 37.4. The van der Waals surface area contributed by atoms with Gasteiger partial charge in [-0.15, -0.1) is 0 Å². The molecule has 1 amide bonds. The Morgan fingerprint density at radius 2 is 2.25 bits per heavy atom. The van der Waals surface area contributed by atoms with Gasteiger partial charge in [-0.25, -0.2) is 9.97 Å². The number of aromatic nitrogens is 5. The molecule has 0 spiro atoms. The molecule has 8 heteroatoms. The van der Waals surface area contributed by atoms with Crippen molar-refractivity contribution in [2.75, 3.05) is 6.54 Å². The second kappa shape index (κ2) is 5.55. The fourth-order valence-corrected chi connectivity index (χ4v) is 3.26. The lowest BCUT2D eigenvalue weighted by Crippen LogP contribution is -2.32. The largest absolute Gasteiger partial charge is 0.329 e. The maximum absolute atomic E-state index is 12.9. The number of pyridine rings is 1. The van der Waals surface area contributed by atoms with Crippen LogP contribution in [0.2, 0.25) is 0 Å². The number of H-pyrrole nitrogens is 1. The zero-order chi connectivity index (χ0) is 16.7. The molecule has 4 rings (SSSR count). The molecular formula is C16H16N6O2. The first-order valence-electron chi connectivity index (χ1n) is 7.77. The summed E-state index contributed by atoms with van der Waals surface area (Å²) in [5.41, 5.74) is 1.46. The quantitative estimate of drug-likeness (QED) is 0.759. The van der Waals surface area contributed by atoms with E-state index in [1.165, 1.54) is 18.6 Å². The third kappa shape index (κ3) is 2.27. The van der Waals surface area contributed by atoms with Crippen LogP contribution in [0.1, 0.15) is 35.1 Å². The number of carbonyl (C=O) groups is 1. The number of aryl methyl sites for hydroxylation is 1. The molecule has 24 heavy (non-hydrogen) atoms. The smallest absolute Gasteiger partial charge is 0.273 e. The van der Waals surface area contributed by atoms with Gasteiger partial charge in [0, 0.05) is 19.8 Å². The first kappa shape index (κ1) is 14.6. The second-order valence-electron chi connectivity index (χ2n) is 5.85. The van der Waals surface area contributed by atoms with Crippen molar-refractivity contribution in [2.45, 2.75) is 18.9 Å². The van der Waals surface area contributed by atoms with Gasteiger partial charge < -0.3 is 9.88 Å². The molecule has 3 aromatic heterocycles. The zero-order valence-electron chi connectivity index (χ0n) is 13.1. The highest BCUT2D eigenvalue weighted by molar-refractivity contribution is 5.95. The highest BCUT2D eigenvalue weighted by Gasteiger charge is 2.32. The second-order valence-corrected chi connectivity index (χ2v) is 5.85. The third-order valence-electron chi connectivity index (χ3n) is 4.46. The fraction of sp³-hybridized carbons (Fsp3) is 0.312. The Balaban J connectivity index is 1.71. The molecule has 1 saturated heterocycles. The Morgan fingerprint density at radius 3 is 3.04 bits per heavy atom. The number of amides is 1. The van der Waals surface area contributed by atoms with Gasteiger partial charge in [-0.05, 0) is 25.0 Å². The summed E-state index contributed by atoms with van der Waals surface area (Å²) in [6.45, 7) is 0.664. The first-order chi connectivity index (χ1) is 11.6. The van der Waals surface area contributed by atoms with Gasteiger partial charge in [0.2, 0.25) is 0 Å². The highest BCUT2D eigenvalue weighted by atomic mass is 16.2. The molecule has 1 aliphatic rings. The molecule has 1 atom stereocenters. The molecule has 0 bridgehead atoms. The lowest BCUT2D eigenvalue weighted by atomic mass is 10.1. The standard InChI is InChI=1S/C16H16N6O2/c1-21-13(4-5-20-21)14-3-2-6-22(14)16(24)11-7-10-12(8-17-11)18-9-19-15(10)23/h4-5,7-9,14H,2-3,6H2,1H3,(H,18,19,23). The highest BCUT2D eigenvalue weighted by Crippen LogP contribution is 2.32. The summed E-state index contributed by atoms with van der Waals surface area (Å²) in [6.07, 6.45) is 6.34. The average molecular weight is 324 g/mol. The number of aromatic amines is 1. The number of rotatable bonds is 2. The minimum Gasteiger partial charge on any atom is -0.329 e. The molecule has 1 unspecified atom stereocenters. The zero-order valence-corrected chi connectivity index (χ0v) is 13.1. The number of hydrogen-bond acceptors (Lipinski definition) is 5. The van der Waals surface area contributed by atoms with E-state index in [4.69, 9.17) is 0 Å². The third-order valence-corrected chi connectivity index (χ3v) is 4.46. The van der Waals surface area contributed by atoms with Crippen LogP contribution in [-0.2, 0) is 7.05 Å². The maximum atomic E-state index is 12.9. The van der Waals surface area contributed by atoms with Crippen molar-refractivity contribution in [2.24, 2.45) is 7.05 Å². The van der Waals surface area contributed by atoms with E-state index in [-0.39, 0.29) is 23.2 Å². The molecule has 1 N–H and O–H groups in total. The van der Waals surface area contributed by atoms with Crippen LogP contribution < -0.4 is 5.56 Å². The molecule has 8 nitrogen and oxygen atoms in total. The predicted molar refractivity (Wildman–Crippen MR) is 86.4 cm³/mol. The summed E-state index contributed by atoms with van der Waals surface area (Å²) in [5.74, 6) is -0.177. The fourth-order valence-electron chi connectivity index (χ4n) is 3.26. The van der Waals surface area contributed by atoms with Crippen molar-refractivity contribution in [1.82, 2.24) is 29.6 Å². The van der Waals surface area contributed by atoms with Crippen LogP contribution in [0, 0.1) is 0 Å². The van der Waals surface area contributed by atoms with E-state index < -0.39 is 0 Å². The number of likely N-dealkylation sites (tertiary alicyclic amines) is 1. The average Bonchev–Trinajstić information content (AvgIpc) is 3.22. The van der Waals surface area contributed by atoms with E-state index in [0.717, 1.165) is 18.5 Å². The van der Waals surface area contributed by atoms with Gasteiger partial charge in [-0.1, -0.05) is 0 Å². The van der Waals surface area contributed by atoms with Gasteiger partial charge in [-0.3, -0.25) is 14.3 Å². The van der Waals surface area contributed by atoms with E-state index in [9.17, 15) is 9.59 Å². The molecule has 1 fully saturated rings. The lowest BCUT2D eigenvalue weighted by Gasteiger charge is -2.24. The van der Waals surface area contributed by atoms with Crippen LogP contribution in [0.4, 0.5) is 0 Å². The van der Waals surface area contributed by atoms with Crippen LogP contribution in [0.15, 0.2) is 35.6 Å². The van der Waals surface area contributed by atoms with Crippen molar-refractivity contribution in [1.29, 1.82) is 0 Å². The summed E-state index contributed by atoms with van der Waals surface area (Å²) in [7, 11) is 1.87. The van der Waals surface area contributed by atoms with Crippen LogP contribution in [0.5, 0.6) is 0 Å². The van der Waals surface area contributed by atoms with Crippen molar-refractivity contribution in [3.05, 3.63) is 52.6 Å². The molecule has 0 saturated carbocycles. The van der Waals surface area contributed by atoms with Gasteiger partial charge in [0.15, 0.2) is 0 Å². The summed E-state index contributed by atoms with van der Waals surface area (Å²) >= 11 is 0. The van der Waals surface area contributed by atoms with Gasteiger partial charge in [0.1, 0.15) is 5.69 Å². The Morgan fingerprint density at radius 1 is 1.38 bits per heavy atom. The van der Waals surface area contributed by atoms with Crippen molar-refractivity contribution in [3.8, 4) is 0 Å². The van der Waals surface area contributed by atoms with E-state index in [0.29, 0.717) is 17.4 Å². The first-order valence-corrected chi connectivity index (χ1v) is 7.77. The Bertz CT molecular complexity index is 976. The molecule has 0 aliphatic carbocycles. The topological polar surface area (TPSA) is 96.8 Å². The molecular weight excluding hydrogens is 308 g/mol. The van der Waals surface area contributed by atoms with Gasteiger partial charge >= 0.3 is 0 Å². The van der Waals surface area contributed by atoms with Crippen LogP contribution in [0.3, 0.4) is 0 Å². The number of hydrogen-bond donors (Lipinski definition) is 1. The Kier molecular flexibility index (Phi) is 3.37. The lowest BCUT2D eigenvalue weighted by molar-refractivity contribution is 0.0725. The number of nitrogens with zero attached hydrogens (tertiary/aromatic N) is 5. The normalized spacial score (nSPS) is 17.5. The minimum atomic E-state index is -0.277. The number of fused-ring (bicyclic) bond motifs is 1. The van der Waals surface area contributed by atoms with Crippen LogP contribution in [0.25, 0.3) is 10.9 Å². The van der Waals surface area contributed by atoms with Gasteiger partial charge in [0.05, 0.1) is 35.2 Å². The van der Waals surface area contributed by atoms with E-state index in [1.54, 1.807) is 15.8 Å². The summed E-state index contributed by atoms with van der Waals surface area (Å²) in [5, 5.41) is 4.56. The Hall–Kier alpha value is -3.03. The van der Waals surface area contributed by atoms with E-state index >= 15 is 0 Å². The van der Waals surface area contributed by atoms with Gasteiger partial charge in [-0.2, -0.15) is 5.10 Å². The summed E-state index contributed by atoms with van der Waals surface area (Å²) in [6, 6.07) is 3.43. The monoisotopic (exact) mass is 324 g/mol. The van der Waals surface area contributed by atoms with Crippen LogP contribution in [-0.4, -0.2) is 42.1 Å². The molecule has 0 radical (unpaired) electrons. The molecule has 4 heterocycles. The maximum Gasteiger partial charge on any atom is 0.273 e. The Labute approximate surface area is 137 Å². The van der Waals surface area contributed by atoms with E-state index in [2.05, 4.69) is 20.1 Å². The predicted octanol–water partition coefficient (Wildman–Crippen LogP) is 1.03. The summed E-state index contributed by atoms with van der Waals surface area (Å²) < 4.78 is 1.79. The number of carbonyl (C=O) groups excluding carboxylic acids is 1. The van der Waals surface area contributed by atoms with Crippen molar-refractivity contribution in [3.63, 3.8) is 0 Å². The minimum absolute atomic E-state index is 0.0188. The van der Waals surface area contributed by atoms with Gasteiger partial charge in [0.25, 0.3) is 11.5 Å². The molecule has 1 aliphatic heterocycles. The SMILES string of the molecule is Cn1nccc1C1CCCN1C(=O)c1cc2c(=O)[nH]cnc2cn1. The van der Waals surface area contributed by atoms with Crippen LogP contribution >= 0.6 is 0 Å². The number of nitrogens with one attached hydrogen (secondary N) is 1. The van der Waals surface area contributed by atoms with E-state index in [1.807, 2.05) is 13.1 Å². The molecule has 122 valence electrons. The van der Waals surface area contributed by atoms with Crippen molar-refractivity contribution >= 4 is 16.8 Å².